The van der Waals surface area contributed by atoms with E-state index in [2.05, 4.69) is 15.0 Å². The van der Waals surface area contributed by atoms with Crippen molar-refractivity contribution < 1.29 is 9.47 Å². The zero-order chi connectivity index (χ0) is 19.3. The molecule has 0 amide bonds. The van der Waals surface area contributed by atoms with E-state index in [1.807, 2.05) is 24.3 Å². The minimum Gasteiger partial charge on any atom is -0.497 e. The largest absolute Gasteiger partial charge is 0.497 e. The van der Waals surface area contributed by atoms with E-state index in [9.17, 15) is 4.79 Å². The highest BCUT2D eigenvalue weighted by atomic mass is 16.5. The molecule has 0 spiro atoms. The molecule has 3 heterocycles. The standard InChI is InChI=1S/C21H30N4O3/c1-27-19-6-4-18(5-7-19)25-21(26)22-20(23-25)17-3-2-11-24(15-17)12-8-16-9-13-28-14-10-16/h4-7,16-17H,2-3,8-15H2,1H3,(H,22,23,26)/t17-/m0/s1. The van der Waals surface area contributed by atoms with Crippen molar-refractivity contribution in [3.63, 3.8) is 0 Å². The van der Waals surface area contributed by atoms with Crippen LogP contribution in [0.2, 0.25) is 0 Å². The van der Waals surface area contributed by atoms with Gasteiger partial charge in [-0.05, 0) is 75.4 Å². The highest BCUT2D eigenvalue weighted by molar-refractivity contribution is 5.36. The van der Waals surface area contributed by atoms with Gasteiger partial charge in [0, 0.05) is 25.7 Å². The van der Waals surface area contributed by atoms with Crippen LogP contribution in [0.15, 0.2) is 29.1 Å². The first-order valence-electron chi connectivity index (χ1n) is 10.4. The van der Waals surface area contributed by atoms with Crippen molar-refractivity contribution >= 4 is 0 Å². The first-order chi connectivity index (χ1) is 13.7. The van der Waals surface area contributed by atoms with Crippen LogP contribution in [0.4, 0.5) is 0 Å². The molecule has 1 atom stereocenters. The summed E-state index contributed by atoms with van der Waals surface area (Å²) in [4.78, 5) is 18.0. The van der Waals surface area contributed by atoms with E-state index in [1.54, 1.807) is 7.11 Å². The number of likely N-dealkylation sites (tertiary alicyclic amines) is 1. The van der Waals surface area contributed by atoms with E-state index in [4.69, 9.17) is 9.47 Å². The van der Waals surface area contributed by atoms with Gasteiger partial charge in [0.25, 0.3) is 0 Å². The summed E-state index contributed by atoms with van der Waals surface area (Å²) in [6, 6.07) is 7.39. The fraction of sp³-hybridized carbons (Fsp3) is 0.619. The summed E-state index contributed by atoms with van der Waals surface area (Å²) in [5.74, 6) is 2.65. The average Bonchev–Trinajstić information content (AvgIpc) is 3.15. The minimum atomic E-state index is -0.181. The van der Waals surface area contributed by atoms with Crippen LogP contribution in [0.25, 0.3) is 5.69 Å². The number of rotatable bonds is 6. The normalized spacial score (nSPS) is 21.7. The molecule has 1 aromatic heterocycles. The second-order valence-electron chi connectivity index (χ2n) is 7.91. The maximum absolute atomic E-state index is 12.4. The predicted molar refractivity (Wildman–Crippen MR) is 107 cm³/mol. The van der Waals surface area contributed by atoms with Gasteiger partial charge in [0.05, 0.1) is 12.8 Å². The fourth-order valence-electron chi connectivity index (χ4n) is 4.30. The summed E-state index contributed by atoms with van der Waals surface area (Å²) in [5.41, 5.74) is 0.569. The Kier molecular flexibility index (Phi) is 6.12. The Hall–Kier alpha value is -2.12. The minimum absolute atomic E-state index is 0.181. The molecule has 0 unspecified atom stereocenters. The van der Waals surface area contributed by atoms with Gasteiger partial charge < -0.3 is 14.4 Å². The first kappa shape index (κ1) is 19.2. The van der Waals surface area contributed by atoms with Crippen molar-refractivity contribution in [1.29, 1.82) is 0 Å². The summed E-state index contributed by atoms with van der Waals surface area (Å²) < 4.78 is 12.1. The fourth-order valence-corrected chi connectivity index (χ4v) is 4.30. The van der Waals surface area contributed by atoms with E-state index < -0.39 is 0 Å². The lowest BCUT2D eigenvalue weighted by Gasteiger charge is -2.33. The van der Waals surface area contributed by atoms with Gasteiger partial charge in [-0.25, -0.2) is 4.79 Å². The number of ether oxygens (including phenoxy) is 2. The molecule has 1 N–H and O–H groups in total. The number of benzene rings is 1. The molecule has 1 aromatic carbocycles. The second-order valence-corrected chi connectivity index (χ2v) is 7.91. The van der Waals surface area contributed by atoms with Gasteiger partial charge in [-0.15, -0.1) is 5.10 Å². The molecule has 0 radical (unpaired) electrons. The summed E-state index contributed by atoms with van der Waals surface area (Å²) in [5, 5.41) is 4.61. The van der Waals surface area contributed by atoms with Crippen molar-refractivity contribution in [2.24, 2.45) is 5.92 Å². The SMILES string of the molecule is COc1ccc(-n2nc([C@H]3CCCN(CCC4CCOCC4)C3)[nH]c2=O)cc1. The number of H-pyrrole nitrogens is 1. The van der Waals surface area contributed by atoms with Crippen LogP contribution in [0.5, 0.6) is 5.75 Å². The van der Waals surface area contributed by atoms with Crippen LogP contribution < -0.4 is 10.4 Å². The lowest BCUT2D eigenvalue weighted by Crippen LogP contribution is -2.36. The number of hydrogen-bond acceptors (Lipinski definition) is 5. The third-order valence-electron chi connectivity index (χ3n) is 6.04. The van der Waals surface area contributed by atoms with Gasteiger partial charge in [0.15, 0.2) is 0 Å². The first-order valence-corrected chi connectivity index (χ1v) is 10.4. The quantitative estimate of drug-likeness (QED) is 0.826. The van der Waals surface area contributed by atoms with Crippen LogP contribution in [0, 0.1) is 5.92 Å². The number of aromatic nitrogens is 3. The zero-order valence-corrected chi connectivity index (χ0v) is 16.6. The Morgan fingerprint density at radius 3 is 2.75 bits per heavy atom. The summed E-state index contributed by atoms with van der Waals surface area (Å²) in [7, 11) is 1.63. The van der Waals surface area contributed by atoms with Gasteiger partial charge in [-0.2, -0.15) is 4.68 Å². The van der Waals surface area contributed by atoms with E-state index >= 15 is 0 Å². The van der Waals surface area contributed by atoms with Crippen molar-refractivity contribution in [1.82, 2.24) is 19.7 Å². The predicted octanol–water partition coefficient (Wildman–Crippen LogP) is 2.57. The molecule has 2 fully saturated rings. The van der Waals surface area contributed by atoms with E-state index in [0.717, 1.165) is 68.9 Å². The topological polar surface area (TPSA) is 72.4 Å². The highest BCUT2D eigenvalue weighted by Crippen LogP contribution is 2.26. The molecule has 2 aromatic rings. The van der Waals surface area contributed by atoms with Gasteiger partial charge in [0.1, 0.15) is 11.6 Å². The molecule has 0 aliphatic carbocycles. The number of aromatic amines is 1. The van der Waals surface area contributed by atoms with Gasteiger partial charge in [-0.1, -0.05) is 0 Å². The van der Waals surface area contributed by atoms with E-state index in [0.29, 0.717) is 0 Å². The Balaban J connectivity index is 1.40. The molecule has 7 nitrogen and oxygen atoms in total. The third kappa shape index (κ3) is 4.47. The number of hydrogen-bond donors (Lipinski definition) is 1. The Bertz CT molecular complexity index is 808. The molecule has 0 bridgehead atoms. The lowest BCUT2D eigenvalue weighted by molar-refractivity contribution is 0.0586. The molecule has 152 valence electrons. The lowest BCUT2D eigenvalue weighted by atomic mass is 9.94. The molecule has 7 heteroatoms. The Morgan fingerprint density at radius 1 is 1.21 bits per heavy atom. The molecular weight excluding hydrogens is 356 g/mol. The maximum Gasteiger partial charge on any atom is 0.348 e. The number of piperidine rings is 1. The van der Waals surface area contributed by atoms with Crippen molar-refractivity contribution in [2.75, 3.05) is 40.0 Å². The van der Waals surface area contributed by atoms with Gasteiger partial charge >= 0.3 is 5.69 Å². The Morgan fingerprint density at radius 2 is 2.00 bits per heavy atom. The molecule has 2 saturated heterocycles. The molecule has 2 aliphatic heterocycles. The Labute approximate surface area is 165 Å². The molecule has 0 saturated carbocycles. The molecule has 4 rings (SSSR count). The molecule has 2 aliphatic rings. The second kappa shape index (κ2) is 8.92. The van der Waals surface area contributed by atoms with Gasteiger partial charge in [-0.3, -0.25) is 4.98 Å². The summed E-state index contributed by atoms with van der Waals surface area (Å²) in [6.07, 6.45) is 5.85. The monoisotopic (exact) mass is 386 g/mol. The molecular formula is C21H30N4O3. The van der Waals surface area contributed by atoms with Crippen molar-refractivity contribution in [2.45, 2.75) is 38.0 Å². The summed E-state index contributed by atoms with van der Waals surface area (Å²) in [6.45, 7) is 5.07. The van der Waals surface area contributed by atoms with Gasteiger partial charge in [0.2, 0.25) is 0 Å². The maximum atomic E-state index is 12.4. The van der Waals surface area contributed by atoms with Crippen molar-refractivity contribution in [3.05, 3.63) is 40.6 Å². The van der Waals surface area contributed by atoms with Crippen LogP contribution in [-0.4, -0.2) is 59.6 Å². The van der Waals surface area contributed by atoms with Crippen LogP contribution >= 0.6 is 0 Å². The smallest absolute Gasteiger partial charge is 0.348 e. The summed E-state index contributed by atoms with van der Waals surface area (Å²) >= 11 is 0. The van der Waals surface area contributed by atoms with Crippen LogP contribution in [-0.2, 0) is 4.74 Å². The molecule has 28 heavy (non-hydrogen) atoms. The number of nitrogens with one attached hydrogen (secondary N) is 1. The third-order valence-corrected chi connectivity index (χ3v) is 6.04. The van der Waals surface area contributed by atoms with E-state index in [-0.39, 0.29) is 11.6 Å². The van der Waals surface area contributed by atoms with Crippen LogP contribution in [0.1, 0.15) is 43.8 Å². The average molecular weight is 386 g/mol. The van der Waals surface area contributed by atoms with Crippen molar-refractivity contribution in [3.8, 4) is 11.4 Å². The highest BCUT2D eigenvalue weighted by Gasteiger charge is 2.25. The number of methoxy groups -OCH3 is 1. The zero-order valence-electron chi connectivity index (χ0n) is 16.6. The van der Waals surface area contributed by atoms with Crippen LogP contribution in [0.3, 0.4) is 0 Å². The van der Waals surface area contributed by atoms with E-state index in [1.165, 1.54) is 23.9 Å². The number of nitrogens with zero attached hydrogens (tertiary/aromatic N) is 3.